The van der Waals surface area contributed by atoms with E-state index in [9.17, 15) is 9.59 Å². The molecule has 0 spiro atoms. The summed E-state index contributed by atoms with van der Waals surface area (Å²) in [6.07, 6.45) is 14.2. The molecule has 4 heteroatoms. The zero-order chi connectivity index (χ0) is 12.3. The standard InChI is InChI=1S/C14H8N2O2.2CH4/c17-13-11-9-5-1-3-7-15(9)14(18)12(11)10-6-2-4-8-16(10)13;;/h1-8H;2*1H4. The van der Waals surface area contributed by atoms with E-state index in [1.807, 2.05) is 12.2 Å². The van der Waals surface area contributed by atoms with E-state index in [1.165, 1.54) is 9.80 Å². The van der Waals surface area contributed by atoms with Crippen molar-refractivity contribution in [3.05, 3.63) is 71.4 Å². The molecule has 102 valence electrons. The van der Waals surface area contributed by atoms with Crippen LogP contribution < -0.4 is 0 Å². The molecular formula is C16H16N2O2. The van der Waals surface area contributed by atoms with Gasteiger partial charge in [-0.1, -0.05) is 27.0 Å². The summed E-state index contributed by atoms with van der Waals surface area (Å²) in [5.74, 6) is -0.266. The molecule has 4 heterocycles. The highest BCUT2D eigenvalue weighted by Gasteiger charge is 2.46. The predicted octanol–water partition coefficient (Wildman–Crippen LogP) is 2.62. The van der Waals surface area contributed by atoms with Gasteiger partial charge in [-0.15, -0.1) is 0 Å². The van der Waals surface area contributed by atoms with Crippen LogP contribution in [0.5, 0.6) is 0 Å². The maximum atomic E-state index is 12.3. The summed E-state index contributed by atoms with van der Waals surface area (Å²) >= 11 is 0. The lowest BCUT2D eigenvalue weighted by molar-refractivity contribution is -0.122. The number of carbonyl (C=O) groups excluding carboxylic acids is 2. The molecule has 4 rings (SSSR count). The van der Waals surface area contributed by atoms with Gasteiger partial charge in [0, 0.05) is 12.4 Å². The first-order valence-corrected chi connectivity index (χ1v) is 5.65. The highest BCUT2D eigenvalue weighted by Crippen LogP contribution is 2.42. The van der Waals surface area contributed by atoms with E-state index in [-0.39, 0.29) is 26.7 Å². The Morgan fingerprint density at radius 3 is 1.45 bits per heavy atom. The second kappa shape index (κ2) is 4.49. The van der Waals surface area contributed by atoms with Gasteiger partial charge in [-0.25, -0.2) is 0 Å². The number of nitrogens with zero attached hydrogens (tertiary/aromatic N) is 2. The molecule has 0 aromatic rings. The van der Waals surface area contributed by atoms with Crippen molar-refractivity contribution in [3.8, 4) is 0 Å². The quantitative estimate of drug-likeness (QED) is 0.677. The minimum Gasteiger partial charge on any atom is -0.283 e. The number of amides is 2. The molecule has 4 nitrogen and oxygen atoms in total. The third kappa shape index (κ3) is 1.42. The van der Waals surface area contributed by atoms with Crippen molar-refractivity contribution in [2.75, 3.05) is 0 Å². The second-order valence-corrected chi connectivity index (χ2v) is 4.27. The fraction of sp³-hybridized carbons (Fsp3) is 0.125. The number of fused-ring (bicyclic) bond motifs is 3. The van der Waals surface area contributed by atoms with Crippen LogP contribution in [0.4, 0.5) is 0 Å². The third-order valence-electron chi connectivity index (χ3n) is 3.35. The molecule has 4 aliphatic rings. The molecule has 0 saturated carbocycles. The molecule has 0 saturated heterocycles. The van der Waals surface area contributed by atoms with Crippen molar-refractivity contribution in [3.63, 3.8) is 0 Å². The van der Waals surface area contributed by atoms with Gasteiger partial charge in [0.25, 0.3) is 11.8 Å². The van der Waals surface area contributed by atoms with Crippen molar-refractivity contribution in [1.29, 1.82) is 0 Å². The van der Waals surface area contributed by atoms with Gasteiger partial charge in [0.1, 0.15) is 0 Å². The Balaban J connectivity index is 0.000000735. The summed E-state index contributed by atoms with van der Waals surface area (Å²) in [6, 6.07) is 0. The van der Waals surface area contributed by atoms with Gasteiger partial charge in [0.2, 0.25) is 0 Å². The minimum absolute atomic E-state index is 0. The number of hydrogen-bond acceptors (Lipinski definition) is 2. The highest BCUT2D eigenvalue weighted by molar-refractivity contribution is 6.21. The smallest absolute Gasteiger partial charge is 0.265 e. The summed E-state index contributed by atoms with van der Waals surface area (Å²) < 4.78 is 0. The van der Waals surface area contributed by atoms with Gasteiger partial charge in [-0.3, -0.25) is 19.4 Å². The Kier molecular flexibility index (Phi) is 3.10. The monoisotopic (exact) mass is 268 g/mol. The molecule has 0 aromatic carbocycles. The van der Waals surface area contributed by atoms with Gasteiger partial charge < -0.3 is 0 Å². The third-order valence-corrected chi connectivity index (χ3v) is 3.35. The van der Waals surface area contributed by atoms with Gasteiger partial charge >= 0.3 is 0 Å². The predicted molar refractivity (Wildman–Crippen MR) is 77.8 cm³/mol. The largest absolute Gasteiger partial charge is 0.283 e. The topological polar surface area (TPSA) is 40.6 Å². The molecule has 0 radical (unpaired) electrons. The van der Waals surface area contributed by atoms with Crippen LogP contribution in [0.2, 0.25) is 0 Å². The van der Waals surface area contributed by atoms with Crippen LogP contribution in [0.3, 0.4) is 0 Å². The lowest BCUT2D eigenvalue weighted by Gasteiger charge is -2.20. The van der Waals surface area contributed by atoms with Crippen LogP contribution in [0.1, 0.15) is 14.9 Å². The molecule has 0 aromatic heterocycles. The molecule has 4 aliphatic heterocycles. The van der Waals surface area contributed by atoms with Crippen LogP contribution in [0, 0.1) is 0 Å². The Morgan fingerprint density at radius 2 is 1.05 bits per heavy atom. The van der Waals surface area contributed by atoms with Crippen LogP contribution in [-0.2, 0) is 9.59 Å². The molecule has 20 heavy (non-hydrogen) atoms. The Morgan fingerprint density at radius 1 is 0.650 bits per heavy atom. The molecule has 0 aliphatic carbocycles. The number of carbonyl (C=O) groups is 2. The van der Waals surface area contributed by atoms with E-state index >= 15 is 0 Å². The Bertz CT molecular complexity index is 627. The normalized spacial score (nSPS) is 21.0. The molecule has 0 fully saturated rings. The fourth-order valence-electron chi connectivity index (χ4n) is 2.58. The van der Waals surface area contributed by atoms with Crippen molar-refractivity contribution in [2.45, 2.75) is 14.9 Å². The van der Waals surface area contributed by atoms with E-state index in [0.717, 1.165) is 0 Å². The maximum Gasteiger partial charge on any atom is 0.265 e. The fourth-order valence-corrected chi connectivity index (χ4v) is 2.58. The lowest BCUT2D eigenvalue weighted by Crippen LogP contribution is -2.25. The Labute approximate surface area is 118 Å². The first kappa shape index (κ1) is 13.8. The maximum absolute atomic E-state index is 12.3. The molecule has 0 N–H and O–H groups in total. The van der Waals surface area contributed by atoms with Gasteiger partial charge in [-0.2, -0.15) is 0 Å². The van der Waals surface area contributed by atoms with E-state index < -0.39 is 0 Å². The number of allylic oxidation sites excluding steroid dienone is 6. The second-order valence-electron chi connectivity index (χ2n) is 4.27. The molecule has 0 unspecified atom stereocenters. The van der Waals surface area contributed by atoms with Gasteiger partial charge in [0.15, 0.2) is 0 Å². The average Bonchev–Trinajstić information content (AvgIpc) is 2.87. The molecule has 0 bridgehead atoms. The zero-order valence-electron chi connectivity index (χ0n) is 9.33. The van der Waals surface area contributed by atoms with E-state index in [2.05, 4.69) is 0 Å². The van der Waals surface area contributed by atoms with Crippen LogP contribution in [0.15, 0.2) is 71.4 Å². The molecular weight excluding hydrogens is 252 g/mol. The van der Waals surface area contributed by atoms with Gasteiger partial charge in [-0.05, 0) is 24.3 Å². The number of hydrogen-bond donors (Lipinski definition) is 0. The van der Waals surface area contributed by atoms with Crippen molar-refractivity contribution < 1.29 is 9.59 Å². The van der Waals surface area contributed by atoms with Crippen molar-refractivity contribution in [1.82, 2.24) is 9.80 Å². The Hall–Kier alpha value is -2.62. The molecule has 2 amide bonds. The minimum atomic E-state index is -0.133. The number of rotatable bonds is 0. The summed E-state index contributed by atoms with van der Waals surface area (Å²) in [7, 11) is 0. The van der Waals surface area contributed by atoms with Crippen LogP contribution in [-0.4, -0.2) is 21.6 Å². The summed E-state index contributed by atoms with van der Waals surface area (Å²) in [5.41, 5.74) is 2.36. The SMILES string of the molecule is C.C.O=C1C2=C3C=CC=CN3C(=O)C2=C2C=CC=CN12. The average molecular weight is 268 g/mol. The van der Waals surface area contributed by atoms with Crippen LogP contribution in [0.25, 0.3) is 0 Å². The van der Waals surface area contributed by atoms with E-state index in [4.69, 9.17) is 0 Å². The first-order valence-electron chi connectivity index (χ1n) is 5.65. The van der Waals surface area contributed by atoms with Crippen molar-refractivity contribution in [2.24, 2.45) is 0 Å². The first-order chi connectivity index (χ1) is 8.79. The van der Waals surface area contributed by atoms with Crippen LogP contribution >= 0.6 is 0 Å². The highest BCUT2D eigenvalue weighted by atomic mass is 16.2. The van der Waals surface area contributed by atoms with Crippen molar-refractivity contribution >= 4 is 11.8 Å². The van der Waals surface area contributed by atoms with E-state index in [1.54, 1.807) is 36.7 Å². The van der Waals surface area contributed by atoms with E-state index in [0.29, 0.717) is 22.5 Å². The van der Waals surface area contributed by atoms with Gasteiger partial charge in [0.05, 0.1) is 22.5 Å². The zero-order valence-corrected chi connectivity index (χ0v) is 9.33. The molecule has 0 atom stereocenters. The summed E-state index contributed by atoms with van der Waals surface area (Å²) in [4.78, 5) is 27.7. The lowest BCUT2D eigenvalue weighted by atomic mass is 10.1. The summed E-state index contributed by atoms with van der Waals surface area (Å²) in [6.45, 7) is 0. The summed E-state index contributed by atoms with van der Waals surface area (Å²) in [5, 5.41) is 0.